The smallest absolute Gasteiger partial charge is 0.0991 e. The van der Waals surface area contributed by atoms with Crippen LogP contribution in [-0.2, 0) is 6.54 Å². The van der Waals surface area contributed by atoms with Gasteiger partial charge in [0.25, 0.3) is 0 Å². The van der Waals surface area contributed by atoms with Gasteiger partial charge in [0.2, 0.25) is 0 Å². The van der Waals surface area contributed by atoms with E-state index < -0.39 is 0 Å². The number of hydrogen-bond acceptors (Lipinski definition) is 3. The molecule has 1 N–H and O–H groups in total. The molecule has 0 bridgehead atoms. The molecular weight excluding hydrogens is 200 g/mol. The lowest BCUT2D eigenvalue weighted by Crippen LogP contribution is -2.29. The second kappa shape index (κ2) is 4.92. The van der Waals surface area contributed by atoms with Crippen LogP contribution in [0.15, 0.2) is 43.0 Å². The topological polar surface area (TPSA) is 33.1 Å². The molecule has 0 fully saturated rings. The summed E-state index contributed by atoms with van der Waals surface area (Å²) in [5, 5.41) is 1.95. The summed E-state index contributed by atoms with van der Waals surface area (Å²) < 4.78 is 1.99. The third-order valence-corrected chi connectivity index (χ3v) is 2.34. The monoisotopic (exact) mass is 216 g/mol. The average Bonchev–Trinajstić information content (AvgIpc) is 2.80. The van der Waals surface area contributed by atoms with Crippen molar-refractivity contribution >= 4 is 0 Å². The summed E-state index contributed by atoms with van der Waals surface area (Å²) in [5.74, 6) is 0. The predicted molar refractivity (Wildman–Crippen MR) is 64.1 cm³/mol. The highest BCUT2D eigenvalue weighted by Crippen LogP contribution is 2.08. The van der Waals surface area contributed by atoms with E-state index in [1.54, 1.807) is 12.5 Å². The first-order valence-electron chi connectivity index (χ1n) is 5.24. The first-order chi connectivity index (χ1) is 7.75. The molecule has 4 nitrogen and oxygen atoms in total. The number of hydrogen-bond donors (Lipinski definition) is 1. The maximum Gasteiger partial charge on any atom is 0.0991 e. The molecule has 0 saturated carbocycles. The molecule has 2 rings (SSSR count). The van der Waals surface area contributed by atoms with E-state index in [9.17, 15) is 0 Å². The van der Waals surface area contributed by atoms with Crippen LogP contribution in [0.25, 0.3) is 5.69 Å². The van der Waals surface area contributed by atoms with E-state index in [1.807, 2.05) is 29.9 Å². The van der Waals surface area contributed by atoms with E-state index in [0.29, 0.717) is 0 Å². The highest BCUT2D eigenvalue weighted by molar-refractivity contribution is 5.34. The molecule has 0 amide bonds. The van der Waals surface area contributed by atoms with Gasteiger partial charge in [-0.05, 0) is 17.7 Å². The summed E-state index contributed by atoms with van der Waals surface area (Å²) >= 11 is 0. The van der Waals surface area contributed by atoms with E-state index in [2.05, 4.69) is 34.7 Å². The van der Waals surface area contributed by atoms with Crippen LogP contribution < -0.4 is 5.43 Å². The molecule has 0 radical (unpaired) electrons. The minimum Gasteiger partial charge on any atom is -0.306 e. The summed E-state index contributed by atoms with van der Waals surface area (Å²) in [6, 6.07) is 8.42. The van der Waals surface area contributed by atoms with Gasteiger partial charge in [0.1, 0.15) is 0 Å². The van der Waals surface area contributed by atoms with Crippen LogP contribution in [-0.4, -0.2) is 28.7 Å². The Morgan fingerprint density at radius 2 is 2.00 bits per heavy atom. The molecule has 84 valence electrons. The summed E-state index contributed by atoms with van der Waals surface area (Å²) in [5.41, 5.74) is 5.62. The molecule has 0 aliphatic carbocycles. The number of hydrazine groups is 1. The molecule has 0 aliphatic heterocycles. The van der Waals surface area contributed by atoms with Crippen LogP contribution in [0.4, 0.5) is 0 Å². The van der Waals surface area contributed by atoms with Gasteiger partial charge in [0.05, 0.1) is 6.33 Å². The normalized spacial score (nSPS) is 10.9. The fourth-order valence-electron chi connectivity index (χ4n) is 1.45. The minimum atomic E-state index is 0.844. The number of benzene rings is 1. The van der Waals surface area contributed by atoms with Gasteiger partial charge in [-0.3, -0.25) is 10.4 Å². The van der Waals surface area contributed by atoms with E-state index in [-0.39, 0.29) is 0 Å². The van der Waals surface area contributed by atoms with Crippen molar-refractivity contribution < 1.29 is 0 Å². The molecule has 4 heteroatoms. The van der Waals surface area contributed by atoms with E-state index >= 15 is 0 Å². The molecule has 0 aliphatic rings. The second-order valence-corrected chi connectivity index (χ2v) is 3.87. The van der Waals surface area contributed by atoms with E-state index in [0.717, 1.165) is 12.2 Å². The number of aromatic nitrogens is 2. The van der Waals surface area contributed by atoms with Crippen LogP contribution in [0.5, 0.6) is 0 Å². The highest BCUT2D eigenvalue weighted by Gasteiger charge is 1.96. The molecule has 0 spiro atoms. The largest absolute Gasteiger partial charge is 0.306 e. The Balaban J connectivity index is 2.05. The van der Waals surface area contributed by atoms with Crippen molar-refractivity contribution in [2.24, 2.45) is 0 Å². The van der Waals surface area contributed by atoms with Crippen molar-refractivity contribution in [1.29, 1.82) is 0 Å². The Labute approximate surface area is 95.5 Å². The van der Waals surface area contributed by atoms with Crippen molar-refractivity contribution in [3.63, 3.8) is 0 Å². The molecule has 0 atom stereocenters. The predicted octanol–water partition coefficient (Wildman–Crippen LogP) is 1.44. The minimum absolute atomic E-state index is 0.844. The Morgan fingerprint density at radius 1 is 1.25 bits per heavy atom. The summed E-state index contributed by atoms with van der Waals surface area (Å²) in [4.78, 5) is 4.02. The van der Waals surface area contributed by atoms with Gasteiger partial charge in [-0.25, -0.2) is 4.98 Å². The van der Waals surface area contributed by atoms with Gasteiger partial charge in [0.15, 0.2) is 0 Å². The number of nitrogens with zero attached hydrogens (tertiary/aromatic N) is 3. The first kappa shape index (κ1) is 10.9. The summed E-state index contributed by atoms with van der Waals surface area (Å²) in [7, 11) is 3.97. The Kier molecular flexibility index (Phi) is 3.34. The lowest BCUT2D eigenvalue weighted by molar-refractivity contribution is 0.286. The molecule has 1 aromatic carbocycles. The second-order valence-electron chi connectivity index (χ2n) is 3.87. The van der Waals surface area contributed by atoms with E-state index in [1.165, 1.54) is 5.56 Å². The molecule has 0 saturated heterocycles. The fourth-order valence-corrected chi connectivity index (χ4v) is 1.45. The zero-order valence-electron chi connectivity index (χ0n) is 9.59. The SMILES string of the molecule is CN(C)NCc1ccc(-n2ccnc2)cc1. The van der Waals surface area contributed by atoms with Gasteiger partial charge in [-0.15, -0.1) is 0 Å². The third kappa shape index (κ3) is 2.68. The zero-order valence-corrected chi connectivity index (χ0v) is 9.59. The number of imidazole rings is 1. The van der Waals surface area contributed by atoms with E-state index in [4.69, 9.17) is 0 Å². The number of nitrogens with one attached hydrogen (secondary N) is 1. The standard InChI is InChI=1S/C12H16N4/c1-15(2)14-9-11-3-5-12(6-4-11)16-8-7-13-10-16/h3-8,10,14H,9H2,1-2H3. The van der Waals surface area contributed by atoms with Gasteiger partial charge < -0.3 is 4.57 Å². The van der Waals surface area contributed by atoms with Crippen LogP contribution in [0, 0.1) is 0 Å². The molecule has 2 aromatic rings. The fraction of sp³-hybridized carbons (Fsp3) is 0.250. The Hall–Kier alpha value is -1.65. The van der Waals surface area contributed by atoms with Crippen molar-refractivity contribution in [1.82, 2.24) is 20.0 Å². The maximum atomic E-state index is 4.02. The van der Waals surface area contributed by atoms with Crippen molar-refractivity contribution in [3.05, 3.63) is 48.5 Å². The van der Waals surface area contributed by atoms with Crippen molar-refractivity contribution in [2.75, 3.05) is 14.1 Å². The summed E-state index contributed by atoms with van der Waals surface area (Å²) in [6.07, 6.45) is 5.52. The molecule has 1 heterocycles. The van der Waals surface area contributed by atoms with Gasteiger partial charge in [-0.2, -0.15) is 0 Å². The highest BCUT2D eigenvalue weighted by atomic mass is 15.5. The average molecular weight is 216 g/mol. The summed E-state index contributed by atoms with van der Waals surface area (Å²) in [6.45, 7) is 0.844. The van der Waals surface area contributed by atoms with Crippen molar-refractivity contribution in [3.8, 4) is 5.69 Å². The first-order valence-corrected chi connectivity index (χ1v) is 5.24. The maximum absolute atomic E-state index is 4.02. The van der Waals surface area contributed by atoms with Gasteiger partial charge in [-0.1, -0.05) is 12.1 Å². The Morgan fingerprint density at radius 3 is 2.56 bits per heavy atom. The van der Waals surface area contributed by atoms with Gasteiger partial charge >= 0.3 is 0 Å². The van der Waals surface area contributed by atoms with Crippen LogP contribution in [0.2, 0.25) is 0 Å². The number of rotatable bonds is 4. The molecule has 1 aromatic heterocycles. The van der Waals surface area contributed by atoms with Crippen LogP contribution >= 0.6 is 0 Å². The lowest BCUT2D eigenvalue weighted by Gasteiger charge is -2.12. The zero-order chi connectivity index (χ0) is 11.4. The van der Waals surface area contributed by atoms with Crippen LogP contribution in [0.3, 0.4) is 0 Å². The van der Waals surface area contributed by atoms with Crippen molar-refractivity contribution in [2.45, 2.75) is 6.54 Å². The third-order valence-electron chi connectivity index (χ3n) is 2.34. The lowest BCUT2D eigenvalue weighted by atomic mass is 10.2. The molecule has 16 heavy (non-hydrogen) atoms. The quantitative estimate of drug-likeness (QED) is 0.785. The molecular formula is C12H16N4. The molecule has 0 unspecified atom stereocenters. The van der Waals surface area contributed by atoms with Crippen LogP contribution in [0.1, 0.15) is 5.56 Å². The van der Waals surface area contributed by atoms with Gasteiger partial charge in [0, 0.05) is 38.7 Å². The Bertz CT molecular complexity index is 417.